The minimum atomic E-state index is -5.23. The van der Waals surface area contributed by atoms with Crippen LogP contribution in [0.5, 0.6) is 0 Å². The van der Waals surface area contributed by atoms with Gasteiger partial charge in [-0.3, -0.25) is 0 Å². The van der Waals surface area contributed by atoms with Crippen molar-refractivity contribution in [3.63, 3.8) is 0 Å². The smallest absolute Gasteiger partial charge is 0.370 e. The van der Waals surface area contributed by atoms with Crippen LogP contribution in [0.3, 0.4) is 0 Å². The Morgan fingerprint density at radius 1 is 1.23 bits per heavy atom. The van der Waals surface area contributed by atoms with E-state index >= 15 is 0 Å². The molecular formula is C5H7F3N2O2S. The predicted molar refractivity (Wildman–Crippen MR) is 39.1 cm³/mol. The summed E-state index contributed by atoms with van der Waals surface area (Å²) in [4.78, 5) is 0. The first-order valence-corrected chi connectivity index (χ1v) is 4.88. The molecule has 0 aromatic heterocycles. The SMILES string of the molecule is O=S(=O)(C=C1NCCN1)C(F)(F)F. The second kappa shape index (κ2) is 3.09. The van der Waals surface area contributed by atoms with Crippen molar-refractivity contribution in [2.24, 2.45) is 0 Å². The maximum Gasteiger partial charge on any atom is 0.501 e. The molecule has 1 aliphatic rings. The van der Waals surface area contributed by atoms with E-state index in [0.717, 1.165) is 0 Å². The van der Waals surface area contributed by atoms with Gasteiger partial charge in [-0.05, 0) is 0 Å². The van der Waals surface area contributed by atoms with Crippen LogP contribution in [0.1, 0.15) is 0 Å². The molecule has 1 rings (SSSR count). The standard InChI is InChI=1S/C5H7F3N2O2S/c6-5(7,8)13(11,12)3-4-9-1-2-10-4/h3,9-10H,1-2H2. The van der Waals surface area contributed by atoms with Crippen LogP contribution in [-0.4, -0.2) is 27.0 Å². The van der Waals surface area contributed by atoms with E-state index in [-0.39, 0.29) is 11.2 Å². The van der Waals surface area contributed by atoms with Gasteiger partial charge in [0.05, 0.1) is 5.41 Å². The fraction of sp³-hybridized carbons (Fsp3) is 0.600. The number of nitrogens with one attached hydrogen (secondary N) is 2. The monoisotopic (exact) mass is 216 g/mol. The molecule has 1 saturated heterocycles. The van der Waals surface area contributed by atoms with Crippen molar-refractivity contribution in [2.45, 2.75) is 5.51 Å². The molecule has 76 valence electrons. The molecular weight excluding hydrogens is 209 g/mol. The van der Waals surface area contributed by atoms with Gasteiger partial charge in [-0.2, -0.15) is 13.2 Å². The average Bonchev–Trinajstić information content (AvgIpc) is 2.35. The summed E-state index contributed by atoms with van der Waals surface area (Å²) in [5.41, 5.74) is -5.23. The zero-order valence-corrected chi connectivity index (χ0v) is 7.17. The molecule has 0 atom stereocenters. The molecule has 0 aromatic carbocycles. The highest BCUT2D eigenvalue weighted by Crippen LogP contribution is 2.25. The summed E-state index contributed by atoms with van der Waals surface area (Å²) in [7, 11) is -5.17. The van der Waals surface area contributed by atoms with E-state index in [9.17, 15) is 21.6 Å². The number of sulfone groups is 1. The third-order valence-electron chi connectivity index (χ3n) is 1.35. The van der Waals surface area contributed by atoms with E-state index in [2.05, 4.69) is 10.6 Å². The topological polar surface area (TPSA) is 58.2 Å². The van der Waals surface area contributed by atoms with Gasteiger partial charge in [-0.15, -0.1) is 0 Å². The number of hydrogen-bond acceptors (Lipinski definition) is 4. The summed E-state index contributed by atoms with van der Waals surface area (Å²) in [5.74, 6) is -0.114. The molecule has 1 aliphatic heterocycles. The number of hydrogen-bond donors (Lipinski definition) is 2. The number of rotatable bonds is 1. The molecule has 0 radical (unpaired) electrons. The summed E-state index contributed by atoms with van der Waals surface area (Å²) in [5, 5.41) is 5.06. The first-order chi connectivity index (χ1) is 5.83. The van der Waals surface area contributed by atoms with Crippen LogP contribution < -0.4 is 10.6 Å². The normalized spacial score (nSPS) is 17.9. The van der Waals surface area contributed by atoms with Gasteiger partial charge in [0.2, 0.25) is 0 Å². The summed E-state index contributed by atoms with van der Waals surface area (Å²) in [6, 6.07) is 0. The fourth-order valence-electron chi connectivity index (χ4n) is 0.762. The number of halogens is 3. The Morgan fingerprint density at radius 2 is 1.69 bits per heavy atom. The molecule has 0 aromatic rings. The third kappa shape index (κ3) is 2.27. The molecule has 0 amide bonds. The van der Waals surface area contributed by atoms with Crippen LogP contribution in [0.4, 0.5) is 13.2 Å². The van der Waals surface area contributed by atoms with Crippen LogP contribution in [0.15, 0.2) is 11.2 Å². The van der Waals surface area contributed by atoms with E-state index in [4.69, 9.17) is 0 Å². The van der Waals surface area contributed by atoms with E-state index in [0.29, 0.717) is 13.1 Å². The van der Waals surface area contributed by atoms with Crippen LogP contribution >= 0.6 is 0 Å². The summed E-state index contributed by atoms with van der Waals surface area (Å²) in [6.07, 6.45) is 0. The molecule has 1 heterocycles. The van der Waals surface area contributed by atoms with Gasteiger partial charge in [-0.25, -0.2) is 8.42 Å². The highest BCUT2D eigenvalue weighted by Gasteiger charge is 2.44. The van der Waals surface area contributed by atoms with Crippen LogP contribution in [0.2, 0.25) is 0 Å². The quantitative estimate of drug-likeness (QED) is 0.643. The largest absolute Gasteiger partial charge is 0.501 e. The van der Waals surface area contributed by atoms with Gasteiger partial charge in [0, 0.05) is 13.1 Å². The molecule has 0 unspecified atom stereocenters. The van der Waals surface area contributed by atoms with Crippen molar-refractivity contribution in [1.82, 2.24) is 10.6 Å². The Bertz CT molecular complexity index is 311. The van der Waals surface area contributed by atoms with Crippen molar-refractivity contribution in [3.05, 3.63) is 11.2 Å². The molecule has 0 saturated carbocycles. The molecule has 0 spiro atoms. The van der Waals surface area contributed by atoms with E-state index < -0.39 is 15.3 Å². The third-order valence-corrected chi connectivity index (χ3v) is 2.54. The zero-order valence-electron chi connectivity index (χ0n) is 6.35. The van der Waals surface area contributed by atoms with Crippen LogP contribution in [-0.2, 0) is 9.84 Å². The molecule has 8 heteroatoms. The predicted octanol–water partition coefficient (Wildman–Crippen LogP) is -0.0873. The lowest BCUT2D eigenvalue weighted by Gasteiger charge is -2.04. The fourth-order valence-corrected chi connectivity index (χ4v) is 1.37. The van der Waals surface area contributed by atoms with Gasteiger partial charge in [-0.1, -0.05) is 0 Å². The van der Waals surface area contributed by atoms with Crippen molar-refractivity contribution in [1.29, 1.82) is 0 Å². The molecule has 1 fully saturated rings. The van der Waals surface area contributed by atoms with Crippen molar-refractivity contribution < 1.29 is 21.6 Å². The lowest BCUT2D eigenvalue weighted by atomic mass is 10.7. The highest BCUT2D eigenvalue weighted by atomic mass is 32.2. The average molecular weight is 216 g/mol. The second-order valence-corrected chi connectivity index (χ2v) is 4.16. The Balaban J connectivity index is 2.89. The molecule has 0 bridgehead atoms. The number of alkyl halides is 3. The second-order valence-electron chi connectivity index (χ2n) is 2.38. The Kier molecular flexibility index (Phi) is 2.42. The Morgan fingerprint density at radius 3 is 2.08 bits per heavy atom. The highest BCUT2D eigenvalue weighted by molar-refractivity contribution is 7.95. The van der Waals surface area contributed by atoms with Gasteiger partial charge < -0.3 is 10.6 Å². The molecule has 0 aliphatic carbocycles. The van der Waals surface area contributed by atoms with Crippen LogP contribution in [0.25, 0.3) is 0 Å². The summed E-state index contributed by atoms with van der Waals surface area (Å²) >= 11 is 0. The first kappa shape index (κ1) is 10.2. The first-order valence-electron chi connectivity index (χ1n) is 3.34. The van der Waals surface area contributed by atoms with Crippen LogP contribution in [0, 0.1) is 0 Å². The lowest BCUT2D eigenvalue weighted by molar-refractivity contribution is -0.0423. The van der Waals surface area contributed by atoms with Crippen molar-refractivity contribution in [2.75, 3.05) is 13.1 Å². The maximum absolute atomic E-state index is 11.8. The maximum atomic E-state index is 11.8. The van der Waals surface area contributed by atoms with E-state index in [1.54, 1.807) is 0 Å². The van der Waals surface area contributed by atoms with E-state index in [1.807, 2.05) is 0 Å². The molecule has 2 N–H and O–H groups in total. The minimum absolute atomic E-state index is 0.114. The Labute approximate surface area is 72.7 Å². The van der Waals surface area contributed by atoms with Gasteiger partial charge in [0.15, 0.2) is 0 Å². The summed E-state index contributed by atoms with van der Waals surface area (Å²) in [6.45, 7) is 0.832. The molecule has 13 heavy (non-hydrogen) atoms. The molecule has 4 nitrogen and oxygen atoms in total. The minimum Gasteiger partial charge on any atom is -0.370 e. The van der Waals surface area contributed by atoms with Gasteiger partial charge in [0.25, 0.3) is 9.84 Å². The van der Waals surface area contributed by atoms with Crippen molar-refractivity contribution >= 4 is 9.84 Å². The lowest BCUT2D eigenvalue weighted by Crippen LogP contribution is -2.23. The Hall–Kier alpha value is -0.920. The van der Waals surface area contributed by atoms with E-state index in [1.165, 1.54) is 0 Å². The zero-order chi connectivity index (χ0) is 10.1. The summed E-state index contributed by atoms with van der Waals surface area (Å²) < 4.78 is 56.4. The van der Waals surface area contributed by atoms with Gasteiger partial charge >= 0.3 is 5.51 Å². The van der Waals surface area contributed by atoms with Gasteiger partial charge in [0.1, 0.15) is 5.82 Å². The van der Waals surface area contributed by atoms with Crippen molar-refractivity contribution in [3.8, 4) is 0 Å².